The van der Waals surface area contributed by atoms with Gasteiger partial charge >= 0.3 is 6.03 Å². The molecule has 0 aliphatic rings. The van der Waals surface area contributed by atoms with Crippen LogP contribution in [0.5, 0.6) is 5.75 Å². The van der Waals surface area contributed by atoms with Gasteiger partial charge in [0.15, 0.2) is 9.96 Å². The summed E-state index contributed by atoms with van der Waals surface area (Å²) in [6, 6.07) is 3.74. The van der Waals surface area contributed by atoms with Crippen LogP contribution < -0.4 is 10.6 Å². The number of halogens is 2. The molecule has 2 aromatic rings. The van der Waals surface area contributed by atoms with Crippen LogP contribution in [-0.2, 0) is 10.0 Å². The quantitative estimate of drug-likeness (QED) is 0.643. The van der Waals surface area contributed by atoms with Gasteiger partial charge in [-0.1, -0.05) is 29.3 Å². The van der Waals surface area contributed by atoms with E-state index in [0.29, 0.717) is 0 Å². The molecule has 2 amide bonds. The van der Waals surface area contributed by atoms with Crippen molar-refractivity contribution in [3.63, 3.8) is 0 Å². The van der Waals surface area contributed by atoms with Crippen LogP contribution in [0.2, 0.25) is 10.0 Å². The lowest BCUT2D eigenvalue weighted by Gasteiger charge is -2.20. The number of aromatic hydroxyl groups is 1. The van der Waals surface area contributed by atoms with Crippen LogP contribution >= 0.6 is 34.5 Å². The number of benzene rings is 1. The molecule has 26 heavy (non-hydrogen) atoms. The van der Waals surface area contributed by atoms with Crippen molar-refractivity contribution in [3.8, 4) is 5.75 Å². The molecule has 1 heterocycles. The number of carbonyl (C=O) groups is 1. The molecule has 2 rings (SSSR count). The number of hydrogen-bond donors (Lipinski definition) is 3. The van der Waals surface area contributed by atoms with Crippen LogP contribution in [0.3, 0.4) is 0 Å². The molecule has 0 fully saturated rings. The lowest BCUT2D eigenvalue weighted by molar-refractivity contribution is 0.262. The Balaban J connectivity index is 2.20. The number of nitrogens with zero attached hydrogens (tertiary/aromatic N) is 1. The molecule has 1 aromatic carbocycles. The molecule has 0 bridgehead atoms. The van der Waals surface area contributed by atoms with Crippen LogP contribution in [0.15, 0.2) is 27.8 Å². The summed E-state index contributed by atoms with van der Waals surface area (Å²) < 4.78 is 25.9. The number of carbonyl (C=O) groups excluding carboxylic acids is 1. The van der Waals surface area contributed by atoms with E-state index in [-0.39, 0.29) is 31.7 Å². The molecule has 0 unspecified atom stereocenters. The van der Waals surface area contributed by atoms with Crippen molar-refractivity contribution >= 4 is 62.0 Å². The summed E-state index contributed by atoms with van der Waals surface area (Å²) in [6.45, 7) is 3.42. The van der Waals surface area contributed by atoms with Crippen molar-refractivity contribution in [2.75, 3.05) is 17.7 Å². The predicted octanol–water partition coefficient (Wildman–Crippen LogP) is 4.43. The predicted molar refractivity (Wildman–Crippen MR) is 105 cm³/mol. The van der Waals surface area contributed by atoms with Gasteiger partial charge in [0.2, 0.25) is 0 Å². The van der Waals surface area contributed by atoms with Crippen LogP contribution in [-0.4, -0.2) is 37.0 Å². The van der Waals surface area contributed by atoms with Crippen molar-refractivity contribution in [3.05, 3.63) is 33.6 Å². The second kappa shape index (κ2) is 8.01. The maximum Gasteiger partial charge on any atom is 0.323 e. The number of hydrogen-bond acceptors (Lipinski definition) is 5. The fourth-order valence-electron chi connectivity index (χ4n) is 1.89. The van der Waals surface area contributed by atoms with Crippen LogP contribution in [0.1, 0.15) is 13.8 Å². The second-order valence-electron chi connectivity index (χ2n) is 5.58. The van der Waals surface area contributed by atoms with Gasteiger partial charge in [0, 0.05) is 18.5 Å². The van der Waals surface area contributed by atoms with Gasteiger partial charge in [0.05, 0.1) is 21.4 Å². The molecule has 7 nitrogen and oxygen atoms in total. The summed E-state index contributed by atoms with van der Waals surface area (Å²) in [6.07, 6.45) is 0. The zero-order valence-corrected chi connectivity index (χ0v) is 17.2. The monoisotopic (exact) mass is 437 g/mol. The highest BCUT2D eigenvalue weighted by Gasteiger charge is 2.29. The van der Waals surface area contributed by atoms with E-state index in [1.54, 1.807) is 32.0 Å². The highest BCUT2D eigenvalue weighted by atomic mass is 35.5. The van der Waals surface area contributed by atoms with Gasteiger partial charge in [0.1, 0.15) is 0 Å². The van der Waals surface area contributed by atoms with Gasteiger partial charge in [-0.2, -0.15) is 4.31 Å². The third-order valence-corrected chi connectivity index (χ3v) is 7.86. The van der Waals surface area contributed by atoms with Crippen LogP contribution in [0.25, 0.3) is 0 Å². The first kappa shape index (κ1) is 20.8. The van der Waals surface area contributed by atoms with Crippen molar-refractivity contribution in [1.82, 2.24) is 4.31 Å². The third kappa shape index (κ3) is 4.24. The number of thiophene rings is 1. The molecule has 0 saturated heterocycles. The summed E-state index contributed by atoms with van der Waals surface area (Å²) in [5, 5.41) is 16.9. The van der Waals surface area contributed by atoms with E-state index in [4.69, 9.17) is 23.2 Å². The van der Waals surface area contributed by atoms with Gasteiger partial charge in [-0.05, 0) is 26.0 Å². The van der Waals surface area contributed by atoms with Gasteiger partial charge in [0.25, 0.3) is 10.0 Å². The minimum Gasteiger partial charge on any atom is -0.504 e. The third-order valence-electron chi connectivity index (χ3n) is 3.52. The average molecular weight is 438 g/mol. The zero-order valence-electron chi connectivity index (χ0n) is 14.1. The lowest BCUT2D eigenvalue weighted by atomic mass is 10.3. The molecule has 11 heteroatoms. The van der Waals surface area contributed by atoms with Crippen molar-refractivity contribution in [2.24, 2.45) is 0 Å². The second-order valence-corrected chi connectivity index (χ2v) is 9.44. The summed E-state index contributed by atoms with van der Waals surface area (Å²) in [5.74, 6) is -0.519. The van der Waals surface area contributed by atoms with E-state index >= 15 is 0 Å². The van der Waals surface area contributed by atoms with Crippen molar-refractivity contribution < 1.29 is 18.3 Å². The Bertz CT molecular complexity index is 929. The minimum absolute atomic E-state index is 0.0265. The summed E-state index contributed by atoms with van der Waals surface area (Å²) in [7, 11) is -2.45. The Kier molecular flexibility index (Phi) is 6.41. The first-order valence-electron chi connectivity index (χ1n) is 7.36. The van der Waals surface area contributed by atoms with E-state index in [1.165, 1.54) is 12.4 Å². The van der Waals surface area contributed by atoms with E-state index in [2.05, 4.69) is 10.6 Å². The van der Waals surface area contributed by atoms with E-state index in [9.17, 15) is 18.3 Å². The van der Waals surface area contributed by atoms with Gasteiger partial charge in [-0.25, -0.2) is 13.2 Å². The van der Waals surface area contributed by atoms with Crippen LogP contribution in [0, 0.1) is 0 Å². The van der Waals surface area contributed by atoms with Crippen molar-refractivity contribution in [2.45, 2.75) is 24.1 Å². The molecule has 1 aromatic heterocycles. The molecule has 0 aliphatic heterocycles. The molecule has 0 saturated carbocycles. The normalized spacial score (nSPS) is 11.8. The number of amides is 2. The molecular weight excluding hydrogens is 421 g/mol. The summed E-state index contributed by atoms with van der Waals surface area (Å²) in [5.41, 5.74) is 0.250. The molecule has 3 N–H and O–H groups in total. The number of rotatable bonds is 5. The van der Waals surface area contributed by atoms with Crippen molar-refractivity contribution in [1.29, 1.82) is 0 Å². The first-order valence-corrected chi connectivity index (χ1v) is 10.4. The molecule has 0 aliphatic carbocycles. The zero-order chi connectivity index (χ0) is 19.6. The molecule has 142 valence electrons. The highest BCUT2D eigenvalue weighted by Crippen LogP contribution is 2.39. The minimum atomic E-state index is -3.86. The Labute approximate surface area is 165 Å². The maximum absolute atomic E-state index is 12.5. The maximum atomic E-state index is 12.5. The smallest absolute Gasteiger partial charge is 0.323 e. The highest BCUT2D eigenvalue weighted by molar-refractivity contribution is 7.91. The fourth-order valence-corrected chi connectivity index (χ4v) is 5.01. The number of anilines is 2. The summed E-state index contributed by atoms with van der Waals surface area (Å²) in [4.78, 5) is 12.1. The SMILES string of the molecule is CC(C)N(C)S(=O)(=O)c1scc(NC(=O)Nc2cccc(Cl)c2Cl)c1O. The standard InChI is InChI=1S/C15H17Cl2N3O4S2/c1-8(2)20(3)26(23,24)14-13(21)11(7-25-14)19-15(22)18-10-6-4-5-9(16)12(10)17/h4-8,21H,1-3H3,(H2,18,19,22). The van der Waals surface area contributed by atoms with E-state index < -0.39 is 21.8 Å². The van der Waals surface area contributed by atoms with E-state index in [0.717, 1.165) is 15.6 Å². The Morgan fingerprint density at radius 3 is 2.46 bits per heavy atom. The molecule has 0 spiro atoms. The van der Waals surface area contributed by atoms with Gasteiger partial charge < -0.3 is 15.7 Å². The Morgan fingerprint density at radius 2 is 1.85 bits per heavy atom. The summed E-state index contributed by atoms with van der Waals surface area (Å²) >= 11 is 12.7. The average Bonchev–Trinajstić information content (AvgIpc) is 2.92. The van der Waals surface area contributed by atoms with Crippen LogP contribution in [0.4, 0.5) is 16.2 Å². The number of urea groups is 1. The number of sulfonamides is 1. The Hall–Kier alpha value is -1.52. The largest absolute Gasteiger partial charge is 0.504 e. The van der Waals surface area contributed by atoms with E-state index in [1.807, 2.05) is 0 Å². The number of nitrogens with one attached hydrogen (secondary N) is 2. The van der Waals surface area contributed by atoms with Gasteiger partial charge in [-0.15, -0.1) is 11.3 Å². The van der Waals surface area contributed by atoms with Gasteiger partial charge in [-0.3, -0.25) is 0 Å². The molecule has 0 atom stereocenters. The molecule has 0 radical (unpaired) electrons. The molecular formula is C15H17Cl2N3O4S2. The first-order chi connectivity index (χ1) is 12.1. The topological polar surface area (TPSA) is 98.7 Å². The Morgan fingerprint density at radius 1 is 1.23 bits per heavy atom. The fraction of sp³-hybridized carbons (Fsp3) is 0.267. The lowest BCUT2D eigenvalue weighted by Crippen LogP contribution is -2.32.